The van der Waals surface area contributed by atoms with Gasteiger partial charge in [-0.05, 0) is 16.8 Å². The molecular weight excluding hydrogens is 190 g/mol. The second-order valence-electron chi connectivity index (χ2n) is 3.17. The standard InChI is InChI=1S/C12H9NO2/c14-12(8-13-15)11-6-5-9-3-1-2-4-10(9)7-11/h1-8,15H/b13-8+. The lowest BCUT2D eigenvalue weighted by molar-refractivity contribution is 0.106. The zero-order chi connectivity index (χ0) is 10.7. The minimum Gasteiger partial charge on any atom is -0.411 e. The zero-order valence-corrected chi connectivity index (χ0v) is 7.92. The molecule has 2 rings (SSSR count). The molecule has 0 bridgehead atoms. The van der Waals surface area contributed by atoms with E-state index in [4.69, 9.17) is 5.21 Å². The Morgan fingerprint density at radius 1 is 1.13 bits per heavy atom. The molecule has 3 heteroatoms. The topological polar surface area (TPSA) is 49.7 Å². The van der Waals surface area contributed by atoms with Crippen LogP contribution in [-0.4, -0.2) is 17.2 Å². The molecule has 0 aliphatic heterocycles. The summed E-state index contributed by atoms with van der Waals surface area (Å²) in [6.07, 6.45) is 0.893. The molecule has 15 heavy (non-hydrogen) atoms. The average Bonchev–Trinajstić information content (AvgIpc) is 2.29. The summed E-state index contributed by atoms with van der Waals surface area (Å²) in [6, 6.07) is 13.1. The minimum atomic E-state index is -0.303. The first kappa shape index (κ1) is 9.40. The summed E-state index contributed by atoms with van der Waals surface area (Å²) in [7, 11) is 0. The Kier molecular flexibility index (Phi) is 2.46. The van der Waals surface area contributed by atoms with Gasteiger partial charge < -0.3 is 5.21 Å². The first-order chi connectivity index (χ1) is 7.31. The molecule has 0 atom stereocenters. The van der Waals surface area contributed by atoms with Crippen LogP contribution in [0.3, 0.4) is 0 Å². The molecule has 0 radical (unpaired) electrons. The van der Waals surface area contributed by atoms with E-state index in [1.54, 1.807) is 12.1 Å². The van der Waals surface area contributed by atoms with Crippen LogP contribution in [0.25, 0.3) is 10.8 Å². The molecular formula is C12H9NO2. The van der Waals surface area contributed by atoms with E-state index in [9.17, 15) is 4.79 Å². The summed E-state index contributed by atoms with van der Waals surface area (Å²) in [5.41, 5.74) is 0.520. The van der Waals surface area contributed by atoms with Crippen LogP contribution in [0.15, 0.2) is 47.6 Å². The van der Waals surface area contributed by atoms with Gasteiger partial charge in [0, 0.05) is 5.56 Å². The molecule has 0 aromatic heterocycles. The normalized spacial score (nSPS) is 10.9. The van der Waals surface area contributed by atoms with Gasteiger partial charge in [0.05, 0.1) is 0 Å². The van der Waals surface area contributed by atoms with Gasteiger partial charge in [0.1, 0.15) is 6.21 Å². The highest BCUT2D eigenvalue weighted by molar-refractivity contribution is 6.35. The Bertz CT molecular complexity index is 532. The number of rotatable bonds is 2. The maximum Gasteiger partial charge on any atom is 0.207 e. The molecule has 0 aliphatic rings. The zero-order valence-electron chi connectivity index (χ0n) is 7.92. The molecule has 0 unspecified atom stereocenters. The Hall–Kier alpha value is -2.16. The Morgan fingerprint density at radius 2 is 1.87 bits per heavy atom. The van der Waals surface area contributed by atoms with Gasteiger partial charge in [-0.15, -0.1) is 0 Å². The maximum atomic E-state index is 11.4. The summed E-state index contributed by atoms with van der Waals surface area (Å²) in [5.74, 6) is -0.303. The first-order valence-electron chi connectivity index (χ1n) is 4.52. The summed E-state index contributed by atoms with van der Waals surface area (Å²) in [4.78, 5) is 11.4. The lowest BCUT2D eigenvalue weighted by atomic mass is 10.1. The predicted molar refractivity (Wildman–Crippen MR) is 58.6 cm³/mol. The summed E-state index contributed by atoms with van der Waals surface area (Å²) < 4.78 is 0. The number of nitrogens with zero attached hydrogens (tertiary/aromatic N) is 1. The number of Topliss-reactive ketones (excluding diaryl/α,β-unsaturated/α-hetero) is 1. The SMILES string of the molecule is O=C(/C=N/O)c1ccc2ccccc2c1. The van der Waals surface area contributed by atoms with Gasteiger partial charge in [0.15, 0.2) is 0 Å². The monoisotopic (exact) mass is 199 g/mol. The number of oxime groups is 1. The molecule has 1 N–H and O–H groups in total. The van der Waals surface area contributed by atoms with Gasteiger partial charge in [-0.1, -0.05) is 41.6 Å². The van der Waals surface area contributed by atoms with Crippen LogP contribution in [0.1, 0.15) is 10.4 Å². The van der Waals surface area contributed by atoms with Crippen molar-refractivity contribution in [2.24, 2.45) is 5.16 Å². The van der Waals surface area contributed by atoms with Crippen molar-refractivity contribution < 1.29 is 10.0 Å². The molecule has 2 aromatic rings. The molecule has 74 valence electrons. The summed E-state index contributed by atoms with van der Waals surface area (Å²) in [5, 5.41) is 13.1. The van der Waals surface area contributed by atoms with E-state index in [1.807, 2.05) is 30.3 Å². The van der Waals surface area contributed by atoms with Gasteiger partial charge >= 0.3 is 0 Å². The van der Waals surface area contributed by atoms with Crippen molar-refractivity contribution >= 4 is 22.8 Å². The molecule has 0 spiro atoms. The van der Waals surface area contributed by atoms with E-state index in [0.717, 1.165) is 17.0 Å². The number of fused-ring (bicyclic) bond motifs is 1. The van der Waals surface area contributed by atoms with E-state index in [2.05, 4.69) is 5.16 Å². The highest BCUT2D eigenvalue weighted by atomic mass is 16.4. The van der Waals surface area contributed by atoms with Crippen LogP contribution in [0.2, 0.25) is 0 Å². The van der Waals surface area contributed by atoms with Crippen LogP contribution in [0.5, 0.6) is 0 Å². The molecule has 0 saturated heterocycles. The number of carbonyl (C=O) groups excluding carboxylic acids is 1. The van der Waals surface area contributed by atoms with Crippen molar-refractivity contribution in [3.63, 3.8) is 0 Å². The second kappa shape index (κ2) is 3.92. The lowest BCUT2D eigenvalue weighted by Gasteiger charge is -1.99. The Labute approximate surface area is 86.6 Å². The highest BCUT2D eigenvalue weighted by Crippen LogP contribution is 2.15. The van der Waals surface area contributed by atoms with Crippen LogP contribution in [0, 0.1) is 0 Å². The number of carbonyl (C=O) groups is 1. The highest BCUT2D eigenvalue weighted by Gasteiger charge is 2.03. The number of hydrogen-bond acceptors (Lipinski definition) is 3. The van der Waals surface area contributed by atoms with Crippen LogP contribution in [0.4, 0.5) is 0 Å². The van der Waals surface area contributed by atoms with Crippen LogP contribution in [-0.2, 0) is 0 Å². The number of hydrogen-bond donors (Lipinski definition) is 1. The van der Waals surface area contributed by atoms with Gasteiger partial charge in [-0.2, -0.15) is 0 Å². The fourth-order valence-electron chi connectivity index (χ4n) is 1.47. The van der Waals surface area contributed by atoms with Crippen molar-refractivity contribution in [1.29, 1.82) is 0 Å². The fraction of sp³-hybridized carbons (Fsp3) is 0. The maximum absolute atomic E-state index is 11.4. The van der Waals surface area contributed by atoms with Gasteiger partial charge in [-0.25, -0.2) is 0 Å². The second-order valence-corrected chi connectivity index (χ2v) is 3.17. The first-order valence-corrected chi connectivity index (χ1v) is 4.52. The molecule has 0 saturated carbocycles. The molecule has 0 fully saturated rings. The fourth-order valence-corrected chi connectivity index (χ4v) is 1.47. The predicted octanol–water partition coefficient (Wildman–Crippen LogP) is 2.48. The van der Waals surface area contributed by atoms with Crippen molar-refractivity contribution in [3.05, 3.63) is 48.0 Å². The summed E-state index contributed by atoms with van der Waals surface area (Å²) in [6.45, 7) is 0. The smallest absolute Gasteiger partial charge is 0.207 e. The van der Waals surface area contributed by atoms with Crippen molar-refractivity contribution in [2.45, 2.75) is 0 Å². The van der Waals surface area contributed by atoms with E-state index in [0.29, 0.717) is 5.56 Å². The Morgan fingerprint density at radius 3 is 2.60 bits per heavy atom. The van der Waals surface area contributed by atoms with Crippen LogP contribution >= 0.6 is 0 Å². The van der Waals surface area contributed by atoms with E-state index in [-0.39, 0.29) is 5.78 Å². The van der Waals surface area contributed by atoms with Crippen molar-refractivity contribution in [2.75, 3.05) is 0 Å². The molecule has 2 aromatic carbocycles. The number of ketones is 1. The third-order valence-electron chi connectivity index (χ3n) is 2.21. The molecule has 0 amide bonds. The lowest BCUT2D eigenvalue weighted by Crippen LogP contribution is -1.99. The molecule has 0 aliphatic carbocycles. The van der Waals surface area contributed by atoms with Gasteiger partial charge in [0.2, 0.25) is 5.78 Å². The van der Waals surface area contributed by atoms with Gasteiger partial charge in [-0.3, -0.25) is 4.79 Å². The average molecular weight is 199 g/mol. The van der Waals surface area contributed by atoms with E-state index in [1.165, 1.54) is 0 Å². The number of benzene rings is 2. The quantitative estimate of drug-likeness (QED) is 0.349. The van der Waals surface area contributed by atoms with E-state index < -0.39 is 0 Å². The third-order valence-corrected chi connectivity index (χ3v) is 2.21. The Balaban J connectivity index is 2.51. The summed E-state index contributed by atoms with van der Waals surface area (Å²) >= 11 is 0. The minimum absolute atomic E-state index is 0.303. The third kappa shape index (κ3) is 1.86. The van der Waals surface area contributed by atoms with E-state index >= 15 is 0 Å². The van der Waals surface area contributed by atoms with Crippen LogP contribution < -0.4 is 0 Å². The van der Waals surface area contributed by atoms with Gasteiger partial charge in [0.25, 0.3) is 0 Å². The molecule has 0 heterocycles. The molecule has 3 nitrogen and oxygen atoms in total. The van der Waals surface area contributed by atoms with Crippen molar-refractivity contribution in [3.8, 4) is 0 Å². The largest absolute Gasteiger partial charge is 0.411 e. The van der Waals surface area contributed by atoms with Crippen molar-refractivity contribution in [1.82, 2.24) is 0 Å².